The molecule has 0 aliphatic carbocycles. The molecule has 0 fully saturated rings. The van der Waals surface area contributed by atoms with Crippen LogP contribution < -0.4 is 0 Å². The van der Waals surface area contributed by atoms with E-state index < -0.39 is 0 Å². The lowest BCUT2D eigenvalue weighted by molar-refractivity contribution is 0.897. The fourth-order valence-electron chi connectivity index (χ4n) is 1.37. The van der Waals surface area contributed by atoms with Gasteiger partial charge in [0.2, 0.25) is 0 Å². The van der Waals surface area contributed by atoms with Crippen molar-refractivity contribution in [3.05, 3.63) is 28.7 Å². The van der Waals surface area contributed by atoms with Crippen LogP contribution in [0.2, 0.25) is 0 Å². The third-order valence-electron chi connectivity index (χ3n) is 2.51. The molecule has 2 aromatic rings. The maximum Gasteiger partial charge on any atom is 0.158 e. The lowest BCUT2D eigenvalue weighted by atomic mass is 10.2. The van der Waals surface area contributed by atoms with Crippen molar-refractivity contribution < 1.29 is 0 Å². The van der Waals surface area contributed by atoms with Gasteiger partial charge in [0, 0.05) is 17.5 Å². The van der Waals surface area contributed by atoms with Gasteiger partial charge in [-0.2, -0.15) is 5.10 Å². The summed E-state index contributed by atoms with van der Waals surface area (Å²) in [6.07, 6.45) is 2.03. The van der Waals surface area contributed by atoms with Crippen molar-refractivity contribution in [1.82, 2.24) is 14.6 Å². The van der Waals surface area contributed by atoms with Crippen molar-refractivity contribution >= 4 is 5.65 Å². The first-order chi connectivity index (χ1) is 6.09. The van der Waals surface area contributed by atoms with Crippen LogP contribution >= 0.6 is 0 Å². The summed E-state index contributed by atoms with van der Waals surface area (Å²) in [5.41, 5.74) is 5.45. The Morgan fingerprint density at radius 1 is 1.08 bits per heavy atom. The molecule has 0 aliphatic rings. The molecule has 0 aromatic carbocycles. The van der Waals surface area contributed by atoms with Gasteiger partial charge in [0.05, 0.1) is 5.69 Å². The van der Waals surface area contributed by atoms with Gasteiger partial charge in [0.1, 0.15) is 0 Å². The topological polar surface area (TPSA) is 30.2 Å². The monoisotopic (exact) mass is 175 g/mol. The van der Waals surface area contributed by atoms with E-state index in [9.17, 15) is 0 Å². The van der Waals surface area contributed by atoms with Gasteiger partial charge < -0.3 is 0 Å². The number of aryl methyl sites for hydroxylation is 4. The molecule has 3 heteroatoms. The van der Waals surface area contributed by atoms with Crippen LogP contribution in [0.25, 0.3) is 5.65 Å². The maximum absolute atomic E-state index is 4.50. The molecule has 2 heterocycles. The molecule has 2 rings (SSSR count). The molecule has 0 saturated carbocycles. The molecule has 0 bridgehead atoms. The van der Waals surface area contributed by atoms with E-state index in [2.05, 4.69) is 17.0 Å². The van der Waals surface area contributed by atoms with Crippen molar-refractivity contribution in [2.75, 3.05) is 0 Å². The van der Waals surface area contributed by atoms with Crippen molar-refractivity contribution in [3.8, 4) is 0 Å². The fourth-order valence-corrected chi connectivity index (χ4v) is 1.37. The van der Waals surface area contributed by atoms with E-state index in [1.165, 1.54) is 11.1 Å². The number of rotatable bonds is 0. The largest absolute Gasteiger partial charge is 0.233 e. The highest BCUT2D eigenvalue weighted by molar-refractivity contribution is 5.49. The first-order valence-corrected chi connectivity index (χ1v) is 4.39. The Morgan fingerprint density at radius 2 is 1.77 bits per heavy atom. The van der Waals surface area contributed by atoms with Gasteiger partial charge in [-0.3, -0.25) is 0 Å². The highest BCUT2D eigenvalue weighted by atomic mass is 15.2. The predicted octanol–water partition coefficient (Wildman–Crippen LogP) is 1.96. The van der Waals surface area contributed by atoms with E-state index in [0.717, 1.165) is 17.0 Å². The highest BCUT2D eigenvalue weighted by Gasteiger charge is 2.06. The average molecular weight is 175 g/mol. The second-order valence-corrected chi connectivity index (χ2v) is 3.49. The number of fused-ring (bicyclic) bond motifs is 1. The molecule has 0 aliphatic heterocycles. The molecule has 3 nitrogen and oxygen atoms in total. The summed E-state index contributed by atoms with van der Waals surface area (Å²) < 4.78 is 1.85. The number of nitrogens with zero attached hydrogens (tertiary/aromatic N) is 3. The van der Waals surface area contributed by atoms with Crippen LogP contribution in [0.15, 0.2) is 6.20 Å². The van der Waals surface area contributed by atoms with Gasteiger partial charge >= 0.3 is 0 Å². The molecule has 0 saturated heterocycles. The summed E-state index contributed by atoms with van der Waals surface area (Å²) in [5.74, 6) is 0. The Labute approximate surface area is 77.4 Å². The zero-order chi connectivity index (χ0) is 9.59. The minimum Gasteiger partial charge on any atom is -0.233 e. The lowest BCUT2D eigenvalue weighted by Gasteiger charge is -1.99. The van der Waals surface area contributed by atoms with Crippen LogP contribution in [0, 0.1) is 27.7 Å². The van der Waals surface area contributed by atoms with Crippen LogP contribution in [-0.4, -0.2) is 14.6 Å². The molecule has 0 unspecified atom stereocenters. The minimum absolute atomic E-state index is 0.973. The van der Waals surface area contributed by atoms with E-state index in [4.69, 9.17) is 0 Å². The smallest absolute Gasteiger partial charge is 0.158 e. The summed E-state index contributed by atoms with van der Waals surface area (Å²) in [4.78, 5) is 4.50. The zero-order valence-electron chi connectivity index (χ0n) is 8.42. The maximum atomic E-state index is 4.50. The molecule has 13 heavy (non-hydrogen) atoms. The second-order valence-electron chi connectivity index (χ2n) is 3.49. The summed E-state index contributed by atoms with van der Waals surface area (Å²) in [6.45, 7) is 8.14. The first-order valence-electron chi connectivity index (χ1n) is 4.39. The predicted molar refractivity (Wildman–Crippen MR) is 51.9 cm³/mol. The Morgan fingerprint density at radius 3 is 2.46 bits per heavy atom. The van der Waals surface area contributed by atoms with Gasteiger partial charge in [-0.25, -0.2) is 9.50 Å². The number of hydrogen-bond donors (Lipinski definition) is 0. The van der Waals surface area contributed by atoms with E-state index in [0.29, 0.717) is 0 Å². The normalized spacial score (nSPS) is 11.1. The third-order valence-corrected chi connectivity index (χ3v) is 2.51. The molecule has 0 spiro atoms. The van der Waals surface area contributed by atoms with Crippen molar-refractivity contribution in [1.29, 1.82) is 0 Å². The van der Waals surface area contributed by atoms with E-state index in [-0.39, 0.29) is 0 Å². The molecule has 0 radical (unpaired) electrons. The molecule has 0 N–H and O–H groups in total. The molecular weight excluding hydrogens is 162 g/mol. The van der Waals surface area contributed by atoms with E-state index in [1.54, 1.807) is 0 Å². The molecule has 2 aromatic heterocycles. The van der Waals surface area contributed by atoms with Crippen molar-refractivity contribution in [2.45, 2.75) is 27.7 Å². The quantitative estimate of drug-likeness (QED) is 0.612. The fraction of sp³-hybridized carbons (Fsp3) is 0.400. The molecule has 68 valence electrons. The summed E-state index contributed by atoms with van der Waals surface area (Å²) in [6, 6.07) is 0. The van der Waals surface area contributed by atoms with Crippen molar-refractivity contribution in [3.63, 3.8) is 0 Å². The SMILES string of the molecule is Cc1cn2nc(C)c(C)c2nc1C. The zero-order valence-corrected chi connectivity index (χ0v) is 8.42. The first kappa shape index (κ1) is 8.23. The Bertz CT molecular complexity index is 468. The highest BCUT2D eigenvalue weighted by Crippen LogP contribution is 2.13. The number of aromatic nitrogens is 3. The standard InChI is InChI=1S/C10H13N3/c1-6-5-13-10(11-8(6)3)7(2)9(4)12-13/h5H,1-4H3. The molecule has 0 amide bonds. The molecule has 0 atom stereocenters. The van der Waals surface area contributed by atoms with Gasteiger partial charge in [0.25, 0.3) is 0 Å². The van der Waals surface area contributed by atoms with E-state index in [1.807, 2.05) is 31.5 Å². The molecular formula is C10H13N3. The van der Waals surface area contributed by atoms with Crippen LogP contribution in [0.1, 0.15) is 22.5 Å². The van der Waals surface area contributed by atoms with Gasteiger partial charge in [-0.1, -0.05) is 0 Å². The summed E-state index contributed by atoms with van der Waals surface area (Å²) in [7, 11) is 0. The Kier molecular flexibility index (Phi) is 1.62. The van der Waals surface area contributed by atoms with Crippen LogP contribution in [0.3, 0.4) is 0 Å². The van der Waals surface area contributed by atoms with Gasteiger partial charge in [0.15, 0.2) is 5.65 Å². The Hall–Kier alpha value is -1.38. The summed E-state index contributed by atoms with van der Waals surface area (Å²) >= 11 is 0. The minimum atomic E-state index is 0.973. The van der Waals surface area contributed by atoms with Crippen molar-refractivity contribution in [2.24, 2.45) is 0 Å². The Balaban J connectivity index is 2.89. The van der Waals surface area contributed by atoms with E-state index >= 15 is 0 Å². The summed E-state index contributed by atoms with van der Waals surface area (Å²) in [5, 5.41) is 4.37. The van der Waals surface area contributed by atoms with Crippen LogP contribution in [0.4, 0.5) is 0 Å². The lowest BCUT2D eigenvalue weighted by Crippen LogP contribution is -1.95. The second kappa shape index (κ2) is 2.55. The number of hydrogen-bond acceptors (Lipinski definition) is 2. The van der Waals surface area contributed by atoms with Gasteiger partial charge in [-0.05, 0) is 33.3 Å². The van der Waals surface area contributed by atoms with Crippen LogP contribution in [0.5, 0.6) is 0 Å². The average Bonchev–Trinajstić information content (AvgIpc) is 2.32. The third kappa shape index (κ3) is 1.11. The van der Waals surface area contributed by atoms with Crippen LogP contribution in [-0.2, 0) is 0 Å². The van der Waals surface area contributed by atoms with Gasteiger partial charge in [-0.15, -0.1) is 0 Å².